The lowest BCUT2D eigenvalue weighted by molar-refractivity contribution is -0.147. The van der Waals surface area contributed by atoms with Crippen molar-refractivity contribution in [2.75, 3.05) is 20.2 Å². The third-order valence-corrected chi connectivity index (χ3v) is 4.34. The molecular weight excluding hydrogens is 298 g/mol. The highest BCUT2D eigenvalue weighted by Gasteiger charge is 2.41. The number of aryl methyl sites for hydroxylation is 1. The van der Waals surface area contributed by atoms with Gasteiger partial charge in [0.1, 0.15) is 0 Å². The number of aliphatic carboxylic acids is 1. The minimum absolute atomic E-state index is 0.0352. The molecule has 23 heavy (non-hydrogen) atoms. The first-order valence-electron chi connectivity index (χ1n) is 7.54. The minimum Gasteiger partial charge on any atom is -0.481 e. The Kier molecular flexibility index (Phi) is 5.03. The van der Waals surface area contributed by atoms with E-state index in [1.807, 2.05) is 0 Å². The predicted molar refractivity (Wildman–Crippen MR) is 83.0 cm³/mol. The van der Waals surface area contributed by atoms with E-state index in [-0.39, 0.29) is 12.5 Å². The van der Waals surface area contributed by atoms with Gasteiger partial charge in [-0.25, -0.2) is 4.79 Å². The Hall–Kier alpha value is -2.37. The molecule has 0 bridgehead atoms. The number of carbonyl (C=O) groups excluding carboxylic acids is 2. The van der Waals surface area contributed by atoms with Gasteiger partial charge in [0.15, 0.2) is 0 Å². The zero-order valence-electron chi connectivity index (χ0n) is 13.4. The van der Waals surface area contributed by atoms with Crippen molar-refractivity contribution in [1.82, 2.24) is 4.90 Å². The molecule has 0 aromatic heterocycles. The van der Waals surface area contributed by atoms with Crippen LogP contribution in [0.5, 0.6) is 0 Å². The quantitative estimate of drug-likeness (QED) is 0.836. The molecule has 124 valence electrons. The van der Waals surface area contributed by atoms with Crippen LogP contribution in [0.25, 0.3) is 0 Å². The fraction of sp³-hybridized carbons (Fsp3) is 0.471. The smallest absolute Gasteiger partial charge is 0.337 e. The summed E-state index contributed by atoms with van der Waals surface area (Å²) in [6, 6.07) is 6.93. The number of likely N-dealkylation sites (tertiary alicyclic amines) is 1. The largest absolute Gasteiger partial charge is 0.481 e. The molecule has 1 amide bonds. The topological polar surface area (TPSA) is 83.9 Å². The number of esters is 1. The van der Waals surface area contributed by atoms with Crippen LogP contribution in [0.4, 0.5) is 0 Å². The third-order valence-electron chi connectivity index (χ3n) is 4.34. The molecule has 1 saturated heterocycles. The van der Waals surface area contributed by atoms with E-state index in [9.17, 15) is 19.5 Å². The van der Waals surface area contributed by atoms with Crippen LogP contribution in [0.15, 0.2) is 24.3 Å². The van der Waals surface area contributed by atoms with Crippen LogP contribution in [0.3, 0.4) is 0 Å². The fourth-order valence-electron chi connectivity index (χ4n) is 2.68. The van der Waals surface area contributed by atoms with Crippen LogP contribution < -0.4 is 0 Å². The molecular formula is C17H21NO5. The normalized spacial score (nSPS) is 20.3. The molecule has 1 unspecified atom stereocenters. The average molecular weight is 319 g/mol. The molecule has 1 aromatic rings. The Morgan fingerprint density at radius 1 is 1.26 bits per heavy atom. The predicted octanol–water partition coefficient (Wildman–Crippen LogP) is 1.73. The summed E-state index contributed by atoms with van der Waals surface area (Å²) >= 11 is 0. The minimum atomic E-state index is -0.855. The van der Waals surface area contributed by atoms with Crippen LogP contribution >= 0.6 is 0 Å². The summed E-state index contributed by atoms with van der Waals surface area (Å²) in [7, 11) is 1.33. The molecule has 0 spiro atoms. The molecule has 0 saturated carbocycles. The zero-order chi connectivity index (χ0) is 17.0. The Morgan fingerprint density at radius 2 is 1.91 bits per heavy atom. The second kappa shape index (κ2) is 6.81. The molecule has 6 nitrogen and oxygen atoms in total. The van der Waals surface area contributed by atoms with Gasteiger partial charge in [0.05, 0.1) is 18.1 Å². The maximum absolute atomic E-state index is 12.2. The highest BCUT2D eigenvalue weighted by atomic mass is 16.5. The highest BCUT2D eigenvalue weighted by molar-refractivity contribution is 5.89. The summed E-state index contributed by atoms with van der Waals surface area (Å²) in [5.41, 5.74) is 0.586. The van der Waals surface area contributed by atoms with Gasteiger partial charge in [-0.05, 0) is 37.5 Å². The Labute approximate surface area is 135 Å². The van der Waals surface area contributed by atoms with Gasteiger partial charge in [-0.2, -0.15) is 0 Å². The van der Waals surface area contributed by atoms with Gasteiger partial charge in [-0.15, -0.1) is 0 Å². The van der Waals surface area contributed by atoms with Crippen LogP contribution in [0, 0.1) is 5.41 Å². The second-order valence-electron chi connectivity index (χ2n) is 6.12. The lowest BCUT2D eigenvalue weighted by Gasteiger charge is -2.20. The van der Waals surface area contributed by atoms with Crippen molar-refractivity contribution in [2.45, 2.75) is 26.2 Å². The molecule has 1 N–H and O–H groups in total. The van der Waals surface area contributed by atoms with Gasteiger partial charge in [0, 0.05) is 19.5 Å². The number of ether oxygens (including phenoxy) is 1. The first-order valence-corrected chi connectivity index (χ1v) is 7.54. The van der Waals surface area contributed by atoms with Gasteiger partial charge in [-0.1, -0.05) is 12.1 Å². The van der Waals surface area contributed by atoms with Gasteiger partial charge in [0.25, 0.3) is 0 Å². The monoisotopic (exact) mass is 319 g/mol. The van der Waals surface area contributed by atoms with E-state index in [4.69, 9.17) is 0 Å². The molecule has 0 aliphatic carbocycles. The summed E-state index contributed by atoms with van der Waals surface area (Å²) in [6.07, 6.45) is 1.37. The van der Waals surface area contributed by atoms with E-state index >= 15 is 0 Å². The molecule has 6 heteroatoms. The first-order chi connectivity index (χ1) is 10.9. The Bertz CT molecular complexity index is 610. The van der Waals surface area contributed by atoms with Crippen LogP contribution in [0.2, 0.25) is 0 Å². The summed E-state index contributed by atoms with van der Waals surface area (Å²) < 4.78 is 4.63. The summed E-state index contributed by atoms with van der Waals surface area (Å²) in [6.45, 7) is 2.43. The van der Waals surface area contributed by atoms with Crippen molar-refractivity contribution < 1.29 is 24.2 Å². The molecule has 0 radical (unpaired) electrons. The van der Waals surface area contributed by atoms with Crippen LogP contribution in [-0.2, 0) is 20.7 Å². The molecule has 1 fully saturated rings. The van der Waals surface area contributed by atoms with Crippen molar-refractivity contribution in [3.05, 3.63) is 35.4 Å². The number of carbonyl (C=O) groups is 3. The van der Waals surface area contributed by atoms with E-state index in [1.54, 1.807) is 36.1 Å². The highest BCUT2D eigenvalue weighted by Crippen LogP contribution is 2.30. The van der Waals surface area contributed by atoms with Crippen molar-refractivity contribution in [1.29, 1.82) is 0 Å². The van der Waals surface area contributed by atoms with E-state index in [0.29, 0.717) is 31.4 Å². The van der Waals surface area contributed by atoms with Crippen LogP contribution in [0.1, 0.15) is 35.7 Å². The molecule has 2 rings (SSSR count). The molecule has 1 aliphatic rings. The van der Waals surface area contributed by atoms with Crippen molar-refractivity contribution in [3.63, 3.8) is 0 Å². The zero-order valence-corrected chi connectivity index (χ0v) is 13.4. The second-order valence-corrected chi connectivity index (χ2v) is 6.12. The van der Waals surface area contributed by atoms with E-state index < -0.39 is 17.4 Å². The number of nitrogens with zero attached hydrogens (tertiary/aromatic N) is 1. The van der Waals surface area contributed by atoms with Gasteiger partial charge in [0.2, 0.25) is 5.91 Å². The van der Waals surface area contributed by atoms with Crippen molar-refractivity contribution in [3.8, 4) is 0 Å². The van der Waals surface area contributed by atoms with Crippen LogP contribution in [-0.4, -0.2) is 48.1 Å². The third kappa shape index (κ3) is 3.88. The Balaban J connectivity index is 1.88. The number of amides is 1. The van der Waals surface area contributed by atoms with E-state index in [2.05, 4.69) is 4.74 Å². The lowest BCUT2D eigenvalue weighted by atomic mass is 9.90. The van der Waals surface area contributed by atoms with Gasteiger partial charge < -0.3 is 14.7 Å². The number of carboxylic acid groups (broad SMARTS) is 1. The first kappa shape index (κ1) is 17.0. The maximum Gasteiger partial charge on any atom is 0.337 e. The van der Waals surface area contributed by atoms with Crippen molar-refractivity contribution >= 4 is 17.8 Å². The number of carboxylic acids is 1. The standard InChI is InChI=1S/C17H21NO5/c1-17(16(21)22)9-10-18(11-17)14(19)8-5-12-3-6-13(7-4-12)15(20)23-2/h3-4,6-7H,5,8-11H2,1-2H3,(H,21,22). The number of hydrogen-bond donors (Lipinski definition) is 1. The van der Waals surface area contributed by atoms with E-state index in [1.165, 1.54) is 7.11 Å². The number of methoxy groups -OCH3 is 1. The number of benzene rings is 1. The maximum atomic E-state index is 12.2. The van der Waals surface area contributed by atoms with Crippen molar-refractivity contribution in [2.24, 2.45) is 5.41 Å². The molecule has 1 aliphatic heterocycles. The lowest BCUT2D eigenvalue weighted by Crippen LogP contribution is -2.34. The Morgan fingerprint density at radius 3 is 2.43 bits per heavy atom. The van der Waals surface area contributed by atoms with E-state index in [0.717, 1.165) is 5.56 Å². The molecule has 1 aromatic carbocycles. The SMILES string of the molecule is COC(=O)c1ccc(CCC(=O)N2CCC(C)(C(=O)O)C2)cc1. The summed E-state index contributed by atoms with van der Waals surface area (Å²) in [5, 5.41) is 9.20. The average Bonchev–Trinajstić information content (AvgIpc) is 2.96. The van der Waals surface area contributed by atoms with Gasteiger partial charge in [-0.3, -0.25) is 9.59 Å². The number of hydrogen-bond acceptors (Lipinski definition) is 4. The fourth-order valence-corrected chi connectivity index (χ4v) is 2.68. The van der Waals surface area contributed by atoms with Gasteiger partial charge >= 0.3 is 11.9 Å². The summed E-state index contributed by atoms with van der Waals surface area (Å²) in [4.78, 5) is 36.4. The summed E-state index contributed by atoms with van der Waals surface area (Å²) in [5.74, 6) is -1.28. The molecule has 1 heterocycles. The molecule has 1 atom stereocenters. The number of rotatable bonds is 5.